The van der Waals surface area contributed by atoms with Gasteiger partial charge in [0, 0.05) is 21.0 Å². The summed E-state index contributed by atoms with van der Waals surface area (Å²) in [6, 6.07) is 9.62. The van der Waals surface area contributed by atoms with Crippen molar-refractivity contribution in [3.05, 3.63) is 67.1 Å². The first-order valence-electron chi connectivity index (χ1n) is 9.07. The van der Waals surface area contributed by atoms with Gasteiger partial charge in [-0.25, -0.2) is 0 Å². The molecule has 0 bridgehead atoms. The molecule has 0 aromatic heterocycles. The Morgan fingerprint density at radius 1 is 1.18 bits per heavy atom. The molecule has 0 aliphatic heterocycles. The second-order valence-corrected chi connectivity index (χ2v) is 9.44. The van der Waals surface area contributed by atoms with Crippen molar-refractivity contribution in [1.29, 1.82) is 0 Å². The fourth-order valence-corrected chi connectivity index (χ4v) is 5.54. The fraction of sp³-hybridized carbons (Fsp3) is 0.318. The molecule has 2 aliphatic rings. The van der Waals surface area contributed by atoms with Gasteiger partial charge in [0.05, 0.1) is 11.1 Å². The monoisotopic (exact) mass is 506 g/mol. The van der Waals surface area contributed by atoms with Gasteiger partial charge in [0.15, 0.2) is 5.78 Å². The van der Waals surface area contributed by atoms with Gasteiger partial charge in [0.25, 0.3) is 0 Å². The molecule has 2 aliphatic carbocycles. The van der Waals surface area contributed by atoms with E-state index in [1.165, 1.54) is 0 Å². The van der Waals surface area contributed by atoms with Gasteiger partial charge in [-0.15, -0.1) is 0 Å². The molecule has 0 fully saturated rings. The van der Waals surface area contributed by atoms with Crippen molar-refractivity contribution in [1.82, 2.24) is 0 Å². The molecular weight excluding hydrogens is 488 g/mol. The van der Waals surface area contributed by atoms with Gasteiger partial charge < -0.3 is 14.9 Å². The number of Topliss-reactive ketones (excluding diaryl/α,β-unsaturated/α-hetero) is 1. The summed E-state index contributed by atoms with van der Waals surface area (Å²) < 4.78 is 7.41. The van der Waals surface area contributed by atoms with Crippen molar-refractivity contribution in [2.24, 2.45) is 0 Å². The summed E-state index contributed by atoms with van der Waals surface area (Å²) in [5.41, 5.74) is 5.32. The van der Waals surface area contributed by atoms with Crippen molar-refractivity contribution in [3.8, 4) is 5.75 Å². The highest BCUT2D eigenvalue weighted by Gasteiger charge is 2.44. The summed E-state index contributed by atoms with van der Waals surface area (Å²) in [6.45, 7) is 3.88. The standard InChI is InChI=1S/C22H20Br2O4/c1-22(2)16-8-11-7-12(23)3-4-14(11)18(16)21(27)15-5-6-17(20(24)19(15)22)28-10-13(26)9-25/h3-7,13,25-26H,8-10H2,1-2H3/t13-/m1/s1. The highest BCUT2D eigenvalue weighted by Crippen LogP contribution is 2.53. The molecule has 4 nitrogen and oxygen atoms in total. The first-order valence-corrected chi connectivity index (χ1v) is 10.7. The van der Waals surface area contributed by atoms with Crippen LogP contribution in [0.1, 0.15) is 40.9 Å². The van der Waals surface area contributed by atoms with E-state index in [0.29, 0.717) is 11.3 Å². The van der Waals surface area contributed by atoms with Crippen LogP contribution in [0.5, 0.6) is 5.75 Å². The molecule has 0 heterocycles. The number of carbonyl (C=O) groups is 1. The number of rotatable bonds is 4. The van der Waals surface area contributed by atoms with E-state index in [2.05, 4.69) is 51.8 Å². The van der Waals surface area contributed by atoms with Gasteiger partial charge in [-0.2, -0.15) is 0 Å². The van der Waals surface area contributed by atoms with Crippen LogP contribution in [0, 0.1) is 0 Å². The lowest BCUT2D eigenvalue weighted by atomic mass is 9.68. The molecule has 0 spiro atoms. The zero-order chi connectivity index (χ0) is 20.2. The topological polar surface area (TPSA) is 66.8 Å². The van der Waals surface area contributed by atoms with Gasteiger partial charge in [-0.05, 0) is 68.9 Å². The third-order valence-corrected chi connectivity index (χ3v) is 6.89. The van der Waals surface area contributed by atoms with E-state index in [4.69, 9.17) is 9.84 Å². The van der Waals surface area contributed by atoms with E-state index in [-0.39, 0.29) is 24.4 Å². The predicted octanol–water partition coefficient (Wildman–Crippen LogP) is 4.43. The van der Waals surface area contributed by atoms with Crippen LogP contribution in [0.3, 0.4) is 0 Å². The lowest BCUT2D eigenvalue weighted by Crippen LogP contribution is -2.30. The third kappa shape index (κ3) is 2.98. The second-order valence-electron chi connectivity index (χ2n) is 7.73. The van der Waals surface area contributed by atoms with Crippen LogP contribution < -0.4 is 4.74 Å². The third-order valence-electron chi connectivity index (χ3n) is 5.61. The quantitative estimate of drug-likeness (QED) is 0.642. The molecule has 146 valence electrons. The number of fused-ring (bicyclic) bond motifs is 3. The Morgan fingerprint density at radius 3 is 2.61 bits per heavy atom. The molecule has 0 saturated heterocycles. The summed E-state index contributed by atoms with van der Waals surface area (Å²) in [5.74, 6) is 0.586. The van der Waals surface area contributed by atoms with Crippen molar-refractivity contribution < 1.29 is 19.7 Å². The molecule has 6 heteroatoms. The Hall–Kier alpha value is -1.47. The maximum absolute atomic E-state index is 13.4. The number of benzene rings is 2. The number of hydrogen-bond acceptors (Lipinski definition) is 4. The lowest BCUT2D eigenvalue weighted by Gasteiger charge is -2.35. The molecule has 0 radical (unpaired) electrons. The van der Waals surface area contributed by atoms with Crippen LogP contribution in [-0.2, 0) is 11.8 Å². The van der Waals surface area contributed by atoms with E-state index in [0.717, 1.165) is 43.2 Å². The number of ether oxygens (including phenoxy) is 1. The van der Waals surface area contributed by atoms with Gasteiger partial charge in [0.2, 0.25) is 0 Å². The van der Waals surface area contributed by atoms with E-state index < -0.39 is 6.10 Å². The minimum Gasteiger partial charge on any atom is -0.490 e. The molecular formula is C22H20Br2O4. The molecule has 4 rings (SSSR count). The number of halogens is 2. The SMILES string of the molecule is CC1(C)C2=C(C(=O)c3ccc(OC[C@H](O)CO)c(Br)c31)c1ccc(Br)cc1C2. The van der Waals surface area contributed by atoms with Crippen LogP contribution in [0.4, 0.5) is 0 Å². The Labute approximate surface area is 180 Å². The molecule has 0 saturated carbocycles. The molecule has 0 amide bonds. The first kappa shape index (κ1) is 19.8. The second kappa shape index (κ2) is 7.10. The van der Waals surface area contributed by atoms with Gasteiger partial charge in [0.1, 0.15) is 18.5 Å². The largest absolute Gasteiger partial charge is 0.490 e. The van der Waals surface area contributed by atoms with E-state index in [9.17, 15) is 9.90 Å². The Morgan fingerprint density at radius 2 is 1.89 bits per heavy atom. The first-order chi connectivity index (χ1) is 13.3. The normalized spacial score (nSPS) is 17.9. The molecule has 28 heavy (non-hydrogen) atoms. The Bertz CT molecular complexity index is 1020. The summed E-state index contributed by atoms with van der Waals surface area (Å²) in [4.78, 5) is 13.4. The van der Waals surface area contributed by atoms with Crippen molar-refractivity contribution in [3.63, 3.8) is 0 Å². The van der Waals surface area contributed by atoms with Gasteiger partial charge in [-0.3, -0.25) is 4.79 Å². The maximum atomic E-state index is 13.4. The Kier molecular flexibility index (Phi) is 5.02. The summed E-state index contributed by atoms with van der Waals surface area (Å²) in [6.07, 6.45) is -0.210. The van der Waals surface area contributed by atoms with Crippen LogP contribution in [0.15, 0.2) is 44.9 Å². The van der Waals surface area contributed by atoms with Gasteiger partial charge in [-0.1, -0.05) is 35.8 Å². The van der Waals surface area contributed by atoms with E-state index in [1.54, 1.807) is 12.1 Å². The maximum Gasteiger partial charge on any atom is 0.193 e. The number of allylic oxidation sites excluding steroid dienone is 2. The summed E-state index contributed by atoms with van der Waals surface area (Å²) in [7, 11) is 0. The number of ketones is 1. The van der Waals surface area contributed by atoms with E-state index >= 15 is 0 Å². The zero-order valence-corrected chi connectivity index (χ0v) is 18.7. The highest BCUT2D eigenvalue weighted by molar-refractivity contribution is 9.10. The molecule has 2 aromatic carbocycles. The highest BCUT2D eigenvalue weighted by atomic mass is 79.9. The van der Waals surface area contributed by atoms with Crippen molar-refractivity contribution in [2.75, 3.05) is 13.2 Å². The molecule has 2 N–H and O–H groups in total. The van der Waals surface area contributed by atoms with Crippen LogP contribution >= 0.6 is 31.9 Å². The number of hydrogen-bond donors (Lipinski definition) is 2. The molecule has 1 atom stereocenters. The van der Waals surface area contributed by atoms with Crippen LogP contribution in [0.2, 0.25) is 0 Å². The average molecular weight is 508 g/mol. The number of carbonyl (C=O) groups excluding carboxylic acids is 1. The zero-order valence-electron chi connectivity index (χ0n) is 15.6. The summed E-state index contributed by atoms with van der Waals surface area (Å²) >= 11 is 7.16. The summed E-state index contributed by atoms with van der Waals surface area (Å²) in [5, 5.41) is 18.6. The average Bonchev–Trinajstić information content (AvgIpc) is 3.04. The molecule has 2 aromatic rings. The number of aliphatic hydroxyl groups is 2. The minimum atomic E-state index is -0.949. The Balaban J connectivity index is 1.81. The van der Waals surface area contributed by atoms with Crippen LogP contribution in [0.25, 0.3) is 5.57 Å². The predicted molar refractivity (Wildman–Crippen MR) is 115 cm³/mol. The van der Waals surface area contributed by atoms with Crippen LogP contribution in [-0.4, -0.2) is 35.3 Å². The van der Waals surface area contributed by atoms with Crippen molar-refractivity contribution in [2.45, 2.75) is 31.8 Å². The van der Waals surface area contributed by atoms with Crippen molar-refractivity contribution >= 4 is 43.2 Å². The number of aliphatic hydroxyl groups excluding tert-OH is 2. The van der Waals surface area contributed by atoms with Gasteiger partial charge >= 0.3 is 0 Å². The molecule has 0 unspecified atom stereocenters. The minimum absolute atomic E-state index is 0.0182. The smallest absolute Gasteiger partial charge is 0.193 e. The van der Waals surface area contributed by atoms with E-state index in [1.807, 2.05) is 12.1 Å². The lowest BCUT2D eigenvalue weighted by molar-refractivity contribution is 0.0533. The fourth-order valence-electron chi connectivity index (χ4n) is 4.18.